The first-order valence-corrected chi connectivity index (χ1v) is 8.17. The summed E-state index contributed by atoms with van der Waals surface area (Å²) in [5.41, 5.74) is 1.06. The van der Waals surface area contributed by atoms with Gasteiger partial charge in [0.25, 0.3) is 0 Å². The van der Waals surface area contributed by atoms with Crippen molar-refractivity contribution in [1.82, 2.24) is 20.0 Å². The van der Waals surface area contributed by atoms with Crippen LogP contribution in [0.3, 0.4) is 0 Å². The van der Waals surface area contributed by atoms with Crippen LogP contribution in [0.5, 0.6) is 0 Å². The SMILES string of the molecule is CN1C(=O)CC(N2CCN(C(=O)NCc3ccccc3)CC2)C1=O. The van der Waals surface area contributed by atoms with E-state index in [0.29, 0.717) is 32.7 Å². The minimum Gasteiger partial charge on any atom is -0.334 e. The Balaban J connectivity index is 1.47. The molecule has 1 atom stereocenters. The second kappa shape index (κ2) is 7.00. The lowest BCUT2D eigenvalue weighted by molar-refractivity contribution is -0.138. The zero-order valence-electron chi connectivity index (χ0n) is 13.8. The molecule has 1 aromatic rings. The van der Waals surface area contributed by atoms with Crippen LogP contribution >= 0.6 is 0 Å². The summed E-state index contributed by atoms with van der Waals surface area (Å²) in [6.07, 6.45) is 0.246. The van der Waals surface area contributed by atoms with E-state index >= 15 is 0 Å². The fraction of sp³-hybridized carbons (Fsp3) is 0.471. The van der Waals surface area contributed by atoms with Crippen LogP contribution in [0.4, 0.5) is 4.79 Å². The molecule has 0 spiro atoms. The van der Waals surface area contributed by atoms with Crippen LogP contribution in [0.1, 0.15) is 12.0 Å². The number of carbonyl (C=O) groups is 3. The van der Waals surface area contributed by atoms with Crippen molar-refractivity contribution >= 4 is 17.8 Å². The first kappa shape index (κ1) is 16.4. The first-order valence-electron chi connectivity index (χ1n) is 8.17. The van der Waals surface area contributed by atoms with E-state index in [-0.39, 0.29) is 30.3 Å². The lowest BCUT2D eigenvalue weighted by Crippen LogP contribution is -2.55. The number of piperazine rings is 1. The number of hydrogen-bond donors (Lipinski definition) is 1. The summed E-state index contributed by atoms with van der Waals surface area (Å²) >= 11 is 0. The Morgan fingerprint density at radius 3 is 2.38 bits per heavy atom. The van der Waals surface area contributed by atoms with Crippen LogP contribution in [0, 0.1) is 0 Å². The smallest absolute Gasteiger partial charge is 0.317 e. The van der Waals surface area contributed by atoms with Gasteiger partial charge in [-0.25, -0.2) is 4.79 Å². The van der Waals surface area contributed by atoms with Gasteiger partial charge in [0, 0.05) is 39.8 Å². The molecule has 128 valence electrons. The third kappa shape index (κ3) is 3.41. The van der Waals surface area contributed by atoms with Gasteiger partial charge in [-0.05, 0) is 5.56 Å². The molecular formula is C17H22N4O3. The average Bonchev–Trinajstić information content (AvgIpc) is 2.88. The van der Waals surface area contributed by atoms with Crippen molar-refractivity contribution in [2.75, 3.05) is 33.2 Å². The third-order valence-corrected chi connectivity index (χ3v) is 4.69. The van der Waals surface area contributed by atoms with Crippen molar-refractivity contribution in [2.45, 2.75) is 19.0 Å². The van der Waals surface area contributed by atoms with Crippen LogP contribution in [0.2, 0.25) is 0 Å². The topological polar surface area (TPSA) is 73.0 Å². The zero-order chi connectivity index (χ0) is 17.1. The number of hydrogen-bond acceptors (Lipinski definition) is 4. The summed E-state index contributed by atoms with van der Waals surface area (Å²) in [7, 11) is 1.53. The molecule has 1 unspecified atom stereocenters. The molecule has 7 nitrogen and oxygen atoms in total. The van der Waals surface area contributed by atoms with Gasteiger partial charge in [0.1, 0.15) is 0 Å². The second-order valence-electron chi connectivity index (χ2n) is 6.18. The van der Waals surface area contributed by atoms with Gasteiger partial charge in [-0.15, -0.1) is 0 Å². The van der Waals surface area contributed by atoms with E-state index in [0.717, 1.165) is 5.56 Å². The van der Waals surface area contributed by atoms with E-state index in [2.05, 4.69) is 5.32 Å². The maximum atomic E-state index is 12.2. The Morgan fingerprint density at radius 1 is 1.12 bits per heavy atom. The molecule has 1 N–H and O–H groups in total. The van der Waals surface area contributed by atoms with E-state index in [1.54, 1.807) is 4.90 Å². The number of rotatable bonds is 3. The van der Waals surface area contributed by atoms with Gasteiger partial charge in [0.05, 0.1) is 12.5 Å². The molecule has 24 heavy (non-hydrogen) atoms. The Morgan fingerprint density at radius 2 is 1.79 bits per heavy atom. The highest BCUT2D eigenvalue weighted by molar-refractivity contribution is 6.05. The molecule has 4 amide bonds. The predicted octanol–water partition coefficient (Wildman–Crippen LogP) is 0.271. The first-order chi connectivity index (χ1) is 11.6. The summed E-state index contributed by atoms with van der Waals surface area (Å²) in [6.45, 7) is 2.83. The monoisotopic (exact) mass is 330 g/mol. The number of likely N-dealkylation sites (tertiary alicyclic amines) is 1. The Hall–Kier alpha value is -2.41. The lowest BCUT2D eigenvalue weighted by atomic mass is 10.2. The molecular weight excluding hydrogens is 308 g/mol. The van der Waals surface area contributed by atoms with Crippen LogP contribution in [0.25, 0.3) is 0 Å². The highest BCUT2D eigenvalue weighted by Crippen LogP contribution is 2.18. The number of benzene rings is 1. The molecule has 3 rings (SSSR count). The van der Waals surface area contributed by atoms with Gasteiger partial charge in [0.15, 0.2) is 0 Å². The van der Waals surface area contributed by atoms with Gasteiger partial charge in [-0.3, -0.25) is 19.4 Å². The maximum Gasteiger partial charge on any atom is 0.317 e. The standard InChI is InChI=1S/C17H22N4O3/c1-19-15(22)11-14(16(19)23)20-7-9-21(10-8-20)17(24)18-12-13-5-3-2-4-6-13/h2-6,14H,7-12H2,1H3,(H,18,24). The fourth-order valence-electron chi connectivity index (χ4n) is 3.14. The quantitative estimate of drug-likeness (QED) is 0.808. The number of amides is 4. The van der Waals surface area contributed by atoms with E-state index in [4.69, 9.17) is 0 Å². The van der Waals surface area contributed by atoms with Crippen LogP contribution in [-0.2, 0) is 16.1 Å². The zero-order valence-corrected chi connectivity index (χ0v) is 13.8. The fourth-order valence-corrected chi connectivity index (χ4v) is 3.14. The van der Waals surface area contributed by atoms with Crippen LogP contribution < -0.4 is 5.32 Å². The van der Waals surface area contributed by atoms with E-state index in [1.807, 2.05) is 35.2 Å². The Bertz CT molecular complexity index is 626. The van der Waals surface area contributed by atoms with E-state index < -0.39 is 0 Å². The van der Waals surface area contributed by atoms with Crippen molar-refractivity contribution in [1.29, 1.82) is 0 Å². The number of nitrogens with zero attached hydrogens (tertiary/aromatic N) is 3. The maximum absolute atomic E-state index is 12.2. The summed E-state index contributed by atoms with van der Waals surface area (Å²) in [6, 6.07) is 9.31. The molecule has 0 aromatic heterocycles. The normalized spacial score (nSPS) is 22.1. The van der Waals surface area contributed by atoms with Crippen LogP contribution in [-0.4, -0.2) is 71.8 Å². The highest BCUT2D eigenvalue weighted by Gasteiger charge is 2.40. The van der Waals surface area contributed by atoms with Crippen molar-refractivity contribution in [3.8, 4) is 0 Å². The summed E-state index contributed by atoms with van der Waals surface area (Å²) in [5, 5.41) is 2.92. The summed E-state index contributed by atoms with van der Waals surface area (Å²) in [4.78, 5) is 40.9. The van der Waals surface area contributed by atoms with E-state index in [1.165, 1.54) is 11.9 Å². The molecule has 2 saturated heterocycles. The van der Waals surface area contributed by atoms with Gasteiger partial charge in [-0.2, -0.15) is 0 Å². The molecule has 2 fully saturated rings. The molecule has 0 aliphatic carbocycles. The molecule has 2 heterocycles. The third-order valence-electron chi connectivity index (χ3n) is 4.69. The minimum absolute atomic E-state index is 0.0931. The number of likely N-dealkylation sites (N-methyl/N-ethyl adjacent to an activating group) is 1. The minimum atomic E-state index is -0.364. The molecule has 0 radical (unpaired) electrons. The van der Waals surface area contributed by atoms with Gasteiger partial charge >= 0.3 is 6.03 Å². The van der Waals surface area contributed by atoms with Crippen molar-refractivity contribution < 1.29 is 14.4 Å². The number of nitrogens with one attached hydrogen (secondary N) is 1. The number of carbonyl (C=O) groups excluding carboxylic acids is 3. The van der Waals surface area contributed by atoms with Crippen molar-refractivity contribution in [3.05, 3.63) is 35.9 Å². The lowest BCUT2D eigenvalue weighted by Gasteiger charge is -2.36. The average molecular weight is 330 g/mol. The highest BCUT2D eigenvalue weighted by atomic mass is 16.2. The Kier molecular flexibility index (Phi) is 4.80. The Labute approximate surface area is 141 Å². The number of imide groups is 1. The summed E-state index contributed by atoms with van der Waals surface area (Å²) in [5.74, 6) is -0.269. The molecule has 2 aliphatic heterocycles. The summed E-state index contributed by atoms with van der Waals surface area (Å²) < 4.78 is 0. The van der Waals surface area contributed by atoms with Gasteiger partial charge in [0.2, 0.25) is 11.8 Å². The second-order valence-corrected chi connectivity index (χ2v) is 6.18. The number of urea groups is 1. The van der Waals surface area contributed by atoms with Crippen molar-refractivity contribution in [2.24, 2.45) is 0 Å². The molecule has 0 bridgehead atoms. The molecule has 1 aromatic carbocycles. The van der Waals surface area contributed by atoms with Gasteiger partial charge < -0.3 is 10.2 Å². The predicted molar refractivity (Wildman–Crippen MR) is 88.0 cm³/mol. The van der Waals surface area contributed by atoms with Crippen molar-refractivity contribution in [3.63, 3.8) is 0 Å². The van der Waals surface area contributed by atoms with Crippen LogP contribution in [0.15, 0.2) is 30.3 Å². The van der Waals surface area contributed by atoms with E-state index in [9.17, 15) is 14.4 Å². The molecule has 7 heteroatoms. The molecule has 2 aliphatic rings. The van der Waals surface area contributed by atoms with Gasteiger partial charge in [-0.1, -0.05) is 30.3 Å². The molecule has 0 saturated carbocycles. The largest absolute Gasteiger partial charge is 0.334 e.